The predicted octanol–water partition coefficient (Wildman–Crippen LogP) is 5.24. The summed E-state index contributed by atoms with van der Waals surface area (Å²) < 4.78 is 0. The fourth-order valence-corrected chi connectivity index (χ4v) is 2.83. The van der Waals surface area contributed by atoms with Crippen LogP contribution in [0.15, 0.2) is 12.1 Å². The fourth-order valence-electron chi connectivity index (χ4n) is 2.83. The largest absolute Gasteiger partial charge is 0.380 e. The first-order valence-corrected chi connectivity index (χ1v) is 6.87. The molecule has 0 aliphatic heterocycles. The van der Waals surface area contributed by atoms with Crippen LogP contribution >= 0.6 is 0 Å². The zero-order valence-electron chi connectivity index (χ0n) is 13.4. The van der Waals surface area contributed by atoms with E-state index in [1.807, 2.05) is 0 Å². The lowest BCUT2D eigenvalue weighted by Crippen LogP contribution is -2.35. The molecule has 1 aromatic carbocycles. The first-order valence-electron chi connectivity index (χ1n) is 6.87. The molecule has 1 aromatic rings. The van der Waals surface area contributed by atoms with Crippen LogP contribution in [0.4, 0.5) is 5.69 Å². The molecule has 1 nitrogen and oxygen atoms in total. The van der Waals surface area contributed by atoms with E-state index in [-0.39, 0.29) is 5.54 Å². The lowest BCUT2D eigenvalue weighted by Gasteiger charge is -2.35. The monoisotopic (exact) mass is 247 g/mol. The van der Waals surface area contributed by atoms with Crippen LogP contribution in [0.1, 0.15) is 57.7 Å². The SMILES string of the molecule is Cc1ccc(NC(C)(C)CC(C)(C)C)c(C)c1C. The number of hydrogen-bond acceptors (Lipinski definition) is 1. The average molecular weight is 247 g/mol. The summed E-state index contributed by atoms with van der Waals surface area (Å²) in [4.78, 5) is 0. The van der Waals surface area contributed by atoms with Gasteiger partial charge in [-0.15, -0.1) is 0 Å². The van der Waals surface area contributed by atoms with E-state index in [0.717, 1.165) is 6.42 Å². The van der Waals surface area contributed by atoms with Crippen LogP contribution < -0.4 is 5.32 Å². The van der Waals surface area contributed by atoms with Gasteiger partial charge in [-0.1, -0.05) is 26.8 Å². The Hall–Kier alpha value is -0.980. The average Bonchev–Trinajstić information content (AvgIpc) is 2.15. The maximum Gasteiger partial charge on any atom is 0.0376 e. The van der Waals surface area contributed by atoms with Gasteiger partial charge in [0, 0.05) is 11.2 Å². The standard InChI is InChI=1S/C17H29N/c1-12-9-10-15(14(3)13(12)2)18-17(7,8)11-16(4,5)6/h9-10,18H,11H2,1-8H3. The molecule has 0 unspecified atom stereocenters. The molecule has 0 bridgehead atoms. The van der Waals surface area contributed by atoms with E-state index < -0.39 is 0 Å². The maximum atomic E-state index is 3.71. The van der Waals surface area contributed by atoms with Crippen LogP contribution in [-0.4, -0.2) is 5.54 Å². The summed E-state index contributed by atoms with van der Waals surface area (Å²) in [7, 11) is 0. The third-order valence-corrected chi connectivity index (χ3v) is 3.50. The molecule has 0 saturated carbocycles. The minimum absolute atomic E-state index is 0.116. The van der Waals surface area contributed by atoms with Crippen molar-refractivity contribution in [3.05, 3.63) is 28.8 Å². The second kappa shape index (κ2) is 4.95. The van der Waals surface area contributed by atoms with E-state index in [9.17, 15) is 0 Å². The summed E-state index contributed by atoms with van der Waals surface area (Å²) in [5, 5.41) is 3.71. The lowest BCUT2D eigenvalue weighted by molar-refractivity contribution is 0.302. The highest BCUT2D eigenvalue weighted by Gasteiger charge is 2.25. The van der Waals surface area contributed by atoms with Crippen molar-refractivity contribution in [2.45, 2.75) is 67.3 Å². The van der Waals surface area contributed by atoms with Crippen LogP contribution in [0.5, 0.6) is 0 Å². The van der Waals surface area contributed by atoms with Gasteiger partial charge in [0.1, 0.15) is 0 Å². The van der Waals surface area contributed by atoms with Crippen molar-refractivity contribution in [2.24, 2.45) is 5.41 Å². The summed E-state index contributed by atoms with van der Waals surface area (Å²) in [6.45, 7) is 18.0. The zero-order chi connectivity index (χ0) is 14.1. The quantitative estimate of drug-likeness (QED) is 0.770. The molecule has 1 N–H and O–H groups in total. The third-order valence-electron chi connectivity index (χ3n) is 3.50. The predicted molar refractivity (Wildman–Crippen MR) is 82.4 cm³/mol. The normalized spacial score (nSPS) is 12.7. The molecule has 0 aliphatic carbocycles. The molecule has 0 heterocycles. The zero-order valence-corrected chi connectivity index (χ0v) is 13.4. The molecule has 0 radical (unpaired) electrons. The second-order valence-electron chi connectivity index (χ2n) is 7.43. The van der Waals surface area contributed by atoms with E-state index in [2.05, 4.69) is 72.8 Å². The van der Waals surface area contributed by atoms with Gasteiger partial charge in [0.2, 0.25) is 0 Å². The van der Waals surface area contributed by atoms with Gasteiger partial charge in [-0.2, -0.15) is 0 Å². The second-order valence-corrected chi connectivity index (χ2v) is 7.43. The number of rotatable bonds is 3. The van der Waals surface area contributed by atoms with Gasteiger partial charge in [0.05, 0.1) is 0 Å². The van der Waals surface area contributed by atoms with Gasteiger partial charge in [0.25, 0.3) is 0 Å². The summed E-state index contributed by atoms with van der Waals surface area (Å²) in [6.07, 6.45) is 1.15. The Morgan fingerprint density at radius 2 is 1.44 bits per heavy atom. The Balaban J connectivity index is 2.94. The first kappa shape index (κ1) is 15.1. The van der Waals surface area contributed by atoms with Crippen LogP contribution in [0.25, 0.3) is 0 Å². The van der Waals surface area contributed by atoms with Gasteiger partial charge in [-0.05, 0) is 69.2 Å². The van der Waals surface area contributed by atoms with Crippen molar-refractivity contribution in [3.8, 4) is 0 Å². The van der Waals surface area contributed by atoms with Gasteiger partial charge >= 0.3 is 0 Å². The smallest absolute Gasteiger partial charge is 0.0376 e. The molecule has 0 aliphatic rings. The highest BCUT2D eigenvalue weighted by Crippen LogP contribution is 2.31. The highest BCUT2D eigenvalue weighted by molar-refractivity contribution is 5.57. The fraction of sp³-hybridized carbons (Fsp3) is 0.647. The Labute approximate surface area is 113 Å². The van der Waals surface area contributed by atoms with Crippen molar-refractivity contribution < 1.29 is 0 Å². The van der Waals surface area contributed by atoms with Crippen LogP contribution in [0, 0.1) is 26.2 Å². The molecule has 0 saturated heterocycles. The topological polar surface area (TPSA) is 12.0 Å². The molecular weight excluding hydrogens is 218 g/mol. The van der Waals surface area contributed by atoms with Crippen molar-refractivity contribution in [1.29, 1.82) is 0 Å². The number of hydrogen-bond donors (Lipinski definition) is 1. The van der Waals surface area contributed by atoms with Crippen LogP contribution in [-0.2, 0) is 0 Å². The summed E-state index contributed by atoms with van der Waals surface area (Å²) >= 11 is 0. The molecule has 0 fully saturated rings. The van der Waals surface area contributed by atoms with Gasteiger partial charge in [-0.25, -0.2) is 0 Å². The van der Waals surface area contributed by atoms with Crippen molar-refractivity contribution in [2.75, 3.05) is 5.32 Å². The summed E-state index contributed by atoms with van der Waals surface area (Å²) in [5.41, 5.74) is 5.86. The molecule has 0 spiro atoms. The molecule has 0 amide bonds. The molecule has 0 atom stereocenters. The number of anilines is 1. The Morgan fingerprint density at radius 3 is 1.94 bits per heavy atom. The van der Waals surface area contributed by atoms with E-state index in [4.69, 9.17) is 0 Å². The lowest BCUT2D eigenvalue weighted by atomic mass is 9.81. The Morgan fingerprint density at radius 1 is 0.889 bits per heavy atom. The number of benzene rings is 1. The van der Waals surface area contributed by atoms with E-state index >= 15 is 0 Å². The molecule has 102 valence electrons. The first-order chi connectivity index (χ1) is 8.02. The Kier molecular flexibility index (Phi) is 4.15. The van der Waals surface area contributed by atoms with E-state index in [0.29, 0.717) is 5.41 Å². The summed E-state index contributed by atoms with van der Waals surface area (Å²) in [5.74, 6) is 0. The van der Waals surface area contributed by atoms with E-state index in [1.54, 1.807) is 0 Å². The maximum absolute atomic E-state index is 3.71. The van der Waals surface area contributed by atoms with E-state index in [1.165, 1.54) is 22.4 Å². The molecule has 1 heteroatoms. The van der Waals surface area contributed by atoms with Crippen molar-refractivity contribution in [1.82, 2.24) is 0 Å². The molecule has 1 rings (SSSR count). The number of nitrogens with one attached hydrogen (secondary N) is 1. The minimum atomic E-state index is 0.116. The number of aryl methyl sites for hydroxylation is 1. The van der Waals surface area contributed by atoms with Crippen molar-refractivity contribution >= 4 is 5.69 Å². The molecule has 18 heavy (non-hydrogen) atoms. The highest BCUT2D eigenvalue weighted by atomic mass is 15.0. The third kappa shape index (κ3) is 4.04. The molecular formula is C17H29N. The molecule has 0 aromatic heterocycles. The van der Waals surface area contributed by atoms with Crippen LogP contribution in [0.3, 0.4) is 0 Å². The van der Waals surface area contributed by atoms with Crippen LogP contribution in [0.2, 0.25) is 0 Å². The van der Waals surface area contributed by atoms with Crippen molar-refractivity contribution in [3.63, 3.8) is 0 Å². The van der Waals surface area contributed by atoms with Gasteiger partial charge in [-0.3, -0.25) is 0 Å². The minimum Gasteiger partial charge on any atom is -0.380 e. The Bertz CT molecular complexity index is 422. The summed E-state index contributed by atoms with van der Waals surface area (Å²) in [6, 6.07) is 4.42. The van der Waals surface area contributed by atoms with Gasteiger partial charge in [0.15, 0.2) is 0 Å². The van der Waals surface area contributed by atoms with Gasteiger partial charge < -0.3 is 5.32 Å².